The largest absolute Gasteiger partial charge is 0.350 e. The molecule has 0 unspecified atom stereocenters. The molecule has 130 valence electrons. The molecular weight excluding hydrogens is 336 g/mol. The van der Waals surface area contributed by atoms with Crippen molar-refractivity contribution in [3.05, 3.63) is 59.0 Å². The molecule has 1 aromatic carbocycles. The highest BCUT2D eigenvalue weighted by atomic mass is 35.5. The fourth-order valence-corrected chi connectivity index (χ4v) is 3.01. The highest BCUT2D eigenvalue weighted by molar-refractivity contribution is 6.30. The third kappa shape index (κ3) is 5.29. The van der Waals surface area contributed by atoms with Crippen molar-refractivity contribution in [3.8, 4) is 0 Å². The van der Waals surface area contributed by atoms with Gasteiger partial charge >= 0.3 is 0 Å². The van der Waals surface area contributed by atoms with E-state index in [1.54, 1.807) is 18.2 Å². The molecule has 2 N–H and O–H groups in total. The molecule has 0 atom stereocenters. The maximum Gasteiger partial charge on any atom is 0.270 e. The predicted molar refractivity (Wildman–Crippen MR) is 100 cm³/mol. The summed E-state index contributed by atoms with van der Waals surface area (Å²) in [6, 6.07) is 8.95. The lowest BCUT2D eigenvalue weighted by molar-refractivity contribution is 0.0949. The number of hydrogen-bond acceptors (Lipinski definition) is 4. The lowest BCUT2D eigenvalue weighted by Gasteiger charge is -2.13. The third-order valence-electron chi connectivity index (χ3n) is 4.11. The van der Waals surface area contributed by atoms with Crippen molar-refractivity contribution in [2.24, 2.45) is 0 Å². The fraction of sp³-hybridized carbons (Fsp3) is 0.316. The Labute approximate surface area is 152 Å². The summed E-state index contributed by atoms with van der Waals surface area (Å²) in [4.78, 5) is 20.5. The highest BCUT2D eigenvalue weighted by Gasteiger charge is 2.10. The quantitative estimate of drug-likeness (QED) is 0.748. The van der Waals surface area contributed by atoms with Gasteiger partial charge < -0.3 is 10.6 Å². The summed E-state index contributed by atoms with van der Waals surface area (Å²) in [6.45, 7) is 0.631. The molecule has 0 aliphatic heterocycles. The van der Waals surface area contributed by atoms with E-state index >= 15 is 0 Å². The number of aromatic nitrogens is 2. The smallest absolute Gasteiger partial charge is 0.270 e. The summed E-state index contributed by atoms with van der Waals surface area (Å²) in [6.07, 6.45) is 9.43. The molecule has 0 fully saturated rings. The number of nitrogens with one attached hydrogen (secondary N) is 2. The van der Waals surface area contributed by atoms with Gasteiger partial charge in [-0.2, -0.15) is 0 Å². The van der Waals surface area contributed by atoms with E-state index in [4.69, 9.17) is 11.6 Å². The van der Waals surface area contributed by atoms with Crippen LogP contribution in [0.2, 0.25) is 5.02 Å². The fourth-order valence-electron chi connectivity index (χ4n) is 2.82. The van der Waals surface area contributed by atoms with Gasteiger partial charge in [0.15, 0.2) is 0 Å². The number of anilines is 2. The van der Waals surface area contributed by atoms with Crippen LogP contribution in [0.15, 0.2) is 48.3 Å². The standard InChI is InChI=1S/C19H21ClN4O/c20-15-7-4-8-16(11-15)24-18-12-17(22-13-23-18)19(25)21-10-9-14-5-2-1-3-6-14/h4-5,7-8,11-13H,1-3,6,9-10H2,(H,21,25)(H,22,23,24). The van der Waals surface area contributed by atoms with Crippen molar-refractivity contribution in [1.29, 1.82) is 0 Å². The van der Waals surface area contributed by atoms with Crippen LogP contribution in [0.25, 0.3) is 0 Å². The van der Waals surface area contributed by atoms with Crippen LogP contribution in [0, 0.1) is 0 Å². The Bertz CT molecular complexity index is 776. The second-order valence-corrected chi connectivity index (χ2v) is 6.47. The van der Waals surface area contributed by atoms with Crippen LogP contribution in [0.5, 0.6) is 0 Å². The Hall–Kier alpha value is -2.40. The Morgan fingerprint density at radius 3 is 2.92 bits per heavy atom. The van der Waals surface area contributed by atoms with Gasteiger partial charge in [-0.05, 0) is 50.3 Å². The summed E-state index contributed by atoms with van der Waals surface area (Å²) in [7, 11) is 0. The average molecular weight is 357 g/mol. The van der Waals surface area contributed by atoms with E-state index in [0.717, 1.165) is 24.9 Å². The molecule has 0 saturated heterocycles. The summed E-state index contributed by atoms with van der Waals surface area (Å²) in [5.74, 6) is 0.366. The van der Waals surface area contributed by atoms with E-state index in [9.17, 15) is 4.79 Å². The first-order chi connectivity index (χ1) is 12.2. The van der Waals surface area contributed by atoms with Crippen LogP contribution in [-0.2, 0) is 0 Å². The van der Waals surface area contributed by atoms with Crippen molar-refractivity contribution in [3.63, 3.8) is 0 Å². The Morgan fingerprint density at radius 1 is 1.20 bits per heavy atom. The van der Waals surface area contributed by atoms with Crippen molar-refractivity contribution < 1.29 is 4.79 Å². The van der Waals surface area contributed by atoms with Crippen molar-refractivity contribution in [2.75, 3.05) is 11.9 Å². The van der Waals surface area contributed by atoms with Crippen LogP contribution in [0.1, 0.15) is 42.6 Å². The summed E-state index contributed by atoms with van der Waals surface area (Å²) >= 11 is 5.97. The van der Waals surface area contributed by atoms with E-state index < -0.39 is 0 Å². The molecule has 1 amide bonds. The molecule has 3 rings (SSSR count). The minimum Gasteiger partial charge on any atom is -0.350 e. The van der Waals surface area contributed by atoms with Crippen LogP contribution in [0.4, 0.5) is 11.5 Å². The van der Waals surface area contributed by atoms with Gasteiger partial charge in [-0.3, -0.25) is 4.79 Å². The average Bonchev–Trinajstić information content (AvgIpc) is 2.63. The molecule has 6 heteroatoms. The number of amides is 1. The van der Waals surface area contributed by atoms with Crippen LogP contribution in [0.3, 0.4) is 0 Å². The minimum absolute atomic E-state index is 0.187. The zero-order valence-electron chi connectivity index (χ0n) is 14.0. The molecule has 5 nitrogen and oxygen atoms in total. The van der Waals surface area contributed by atoms with Crippen molar-refractivity contribution >= 4 is 29.0 Å². The third-order valence-corrected chi connectivity index (χ3v) is 4.35. The molecule has 1 aliphatic rings. The maximum absolute atomic E-state index is 12.3. The maximum atomic E-state index is 12.3. The first-order valence-electron chi connectivity index (χ1n) is 8.51. The summed E-state index contributed by atoms with van der Waals surface area (Å²) in [5.41, 5.74) is 2.59. The van der Waals surface area contributed by atoms with E-state index in [1.165, 1.54) is 24.7 Å². The molecular formula is C19H21ClN4O. The van der Waals surface area contributed by atoms with Gasteiger partial charge in [-0.15, -0.1) is 0 Å². The predicted octanol–water partition coefficient (Wildman–Crippen LogP) is 4.49. The summed E-state index contributed by atoms with van der Waals surface area (Å²) in [5, 5.41) is 6.68. The lowest BCUT2D eigenvalue weighted by atomic mass is 9.97. The Morgan fingerprint density at radius 2 is 2.12 bits per heavy atom. The molecule has 0 bridgehead atoms. The summed E-state index contributed by atoms with van der Waals surface area (Å²) < 4.78 is 0. The SMILES string of the molecule is O=C(NCCC1=CCCCC1)c1cc(Nc2cccc(Cl)c2)ncn1. The number of halogens is 1. The molecule has 2 aromatic rings. The van der Waals surface area contributed by atoms with Gasteiger partial charge in [0.05, 0.1) is 0 Å². The second-order valence-electron chi connectivity index (χ2n) is 6.04. The molecule has 1 heterocycles. The number of hydrogen-bond donors (Lipinski definition) is 2. The van der Waals surface area contributed by atoms with Gasteiger partial charge in [-0.1, -0.05) is 29.3 Å². The van der Waals surface area contributed by atoms with Crippen molar-refractivity contribution in [1.82, 2.24) is 15.3 Å². The minimum atomic E-state index is -0.187. The molecule has 0 saturated carbocycles. The molecule has 1 aliphatic carbocycles. The van der Waals surface area contributed by atoms with Gasteiger partial charge in [-0.25, -0.2) is 9.97 Å². The van der Waals surface area contributed by atoms with E-state index in [-0.39, 0.29) is 5.91 Å². The van der Waals surface area contributed by atoms with Gasteiger partial charge in [0, 0.05) is 23.3 Å². The normalized spacial score (nSPS) is 13.9. The second kappa shape index (κ2) is 8.62. The molecule has 1 aromatic heterocycles. The zero-order valence-corrected chi connectivity index (χ0v) is 14.7. The number of allylic oxidation sites excluding steroid dienone is 1. The number of benzene rings is 1. The van der Waals surface area contributed by atoms with Gasteiger partial charge in [0.2, 0.25) is 0 Å². The zero-order chi connectivity index (χ0) is 17.5. The van der Waals surface area contributed by atoms with Gasteiger partial charge in [0.25, 0.3) is 5.91 Å². The number of rotatable bonds is 6. The topological polar surface area (TPSA) is 66.9 Å². The molecule has 0 spiro atoms. The van der Waals surface area contributed by atoms with Crippen LogP contribution >= 0.6 is 11.6 Å². The highest BCUT2D eigenvalue weighted by Crippen LogP contribution is 2.20. The Kier molecular flexibility index (Phi) is 6.01. The first-order valence-corrected chi connectivity index (χ1v) is 8.89. The van der Waals surface area contributed by atoms with E-state index in [2.05, 4.69) is 26.7 Å². The number of nitrogens with zero attached hydrogens (tertiary/aromatic N) is 2. The lowest BCUT2D eigenvalue weighted by Crippen LogP contribution is -2.26. The molecule has 0 radical (unpaired) electrons. The van der Waals surface area contributed by atoms with E-state index in [1.807, 2.05) is 12.1 Å². The number of carbonyl (C=O) groups excluding carboxylic acids is 1. The Balaban J connectivity index is 1.56. The van der Waals surface area contributed by atoms with Crippen molar-refractivity contribution in [2.45, 2.75) is 32.1 Å². The number of carbonyl (C=O) groups is 1. The monoisotopic (exact) mass is 356 g/mol. The van der Waals surface area contributed by atoms with Crippen LogP contribution in [-0.4, -0.2) is 22.4 Å². The van der Waals surface area contributed by atoms with E-state index in [0.29, 0.717) is 23.1 Å². The first kappa shape index (κ1) is 17.4. The molecule has 25 heavy (non-hydrogen) atoms. The van der Waals surface area contributed by atoms with Crippen LogP contribution < -0.4 is 10.6 Å². The van der Waals surface area contributed by atoms with Gasteiger partial charge in [0.1, 0.15) is 17.8 Å².